The molecule has 88 valence electrons. The molecule has 0 aliphatic carbocycles. The second kappa shape index (κ2) is 4.47. The third kappa shape index (κ3) is 2.23. The highest BCUT2D eigenvalue weighted by Gasteiger charge is 2.28. The summed E-state index contributed by atoms with van der Waals surface area (Å²) < 4.78 is 5.07. The second-order valence-electron chi connectivity index (χ2n) is 4.19. The maximum atomic E-state index is 12.0. The fourth-order valence-corrected chi connectivity index (χ4v) is 2.05. The van der Waals surface area contributed by atoms with Gasteiger partial charge in [-0.15, -0.1) is 0 Å². The number of amides is 1. The Hall–Kier alpha value is -1.00. The van der Waals surface area contributed by atoms with Crippen LogP contribution in [0.25, 0.3) is 0 Å². The Morgan fingerprint density at radius 3 is 2.94 bits per heavy atom. The molecule has 1 aromatic rings. The Morgan fingerprint density at radius 1 is 1.62 bits per heavy atom. The van der Waals surface area contributed by atoms with Crippen LogP contribution in [-0.4, -0.2) is 35.1 Å². The van der Waals surface area contributed by atoms with Crippen molar-refractivity contribution in [1.29, 1.82) is 0 Å². The van der Waals surface area contributed by atoms with Crippen LogP contribution in [0, 0.1) is 5.92 Å². The molecular formula is C11H14ClNO3. The van der Waals surface area contributed by atoms with E-state index < -0.39 is 0 Å². The van der Waals surface area contributed by atoms with Gasteiger partial charge >= 0.3 is 0 Å². The number of aliphatic hydroxyl groups excluding tert-OH is 1. The van der Waals surface area contributed by atoms with Gasteiger partial charge in [0.15, 0.2) is 11.0 Å². The van der Waals surface area contributed by atoms with Gasteiger partial charge < -0.3 is 14.4 Å². The maximum Gasteiger partial charge on any atom is 0.289 e. The van der Waals surface area contributed by atoms with Crippen LogP contribution >= 0.6 is 11.6 Å². The fourth-order valence-electron chi connectivity index (χ4n) is 1.90. The predicted molar refractivity (Wildman–Crippen MR) is 59.4 cm³/mol. The van der Waals surface area contributed by atoms with Gasteiger partial charge in [0.05, 0.1) is 6.10 Å². The second-order valence-corrected chi connectivity index (χ2v) is 4.56. The molecule has 2 unspecified atom stereocenters. The number of furan rings is 1. The number of likely N-dealkylation sites (tertiary alicyclic amines) is 1. The van der Waals surface area contributed by atoms with Crippen molar-refractivity contribution in [3.05, 3.63) is 23.1 Å². The molecule has 0 bridgehead atoms. The number of hydrogen-bond acceptors (Lipinski definition) is 3. The SMILES string of the molecule is CC1CN(C(=O)c2ccc(Cl)o2)CCC1O. The molecule has 2 heterocycles. The molecule has 1 aliphatic rings. The smallest absolute Gasteiger partial charge is 0.289 e. The van der Waals surface area contributed by atoms with Crippen LogP contribution in [0.4, 0.5) is 0 Å². The number of aliphatic hydroxyl groups is 1. The molecule has 0 saturated carbocycles. The first-order chi connectivity index (χ1) is 7.58. The van der Waals surface area contributed by atoms with Crippen molar-refractivity contribution in [3.63, 3.8) is 0 Å². The number of halogens is 1. The van der Waals surface area contributed by atoms with Gasteiger partial charge in [0.2, 0.25) is 0 Å². The summed E-state index contributed by atoms with van der Waals surface area (Å²) in [7, 11) is 0. The lowest BCUT2D eigenvalue weighted by molar-refractivity contribution is 0.0279. The van der Waals surface area contributed by atoms with Crippen LogP contribution < -0.4 is 0 Å². The standard InChI is InChI=1S/C11H14ClNO3/c1-7-6-13(5-4-8(7)14)11(15)9-2-3-10(12)16-9/h2-3,7-8,14H,4-6H2,1H3. The van der Waals surface area contributed by atoms with Gasteiger partial charge in [-0.2, -0.15) is 0 Å². The summed E-state index contributed by atoms with van der Waals surface area (Å²) in [5.41, 5.74) is 0. The summed E-state index contributed by atoms with van der Waals surface area (Å²) in [6, 6.07) is 3.12. The molecule has 1 saturated heterocycles. The minimum atomic E-state index is -0.316. The Labute approximate surface area is 98.8 Å². The zero-order valence-electron chi connectivity index (χ0n) is 9.02. The molecule has 1 aliphatic heterocycles. The van der Waals surface area contributed by atoms with Gasteiger partial charge in [0.25, 0.3) is 5.91 Å². The molecule has 2 rings (SSSR count). The summed E-state index contributed by atoms with van der Waals surface area (Å²) in [6.07, 6.45) is 0.297. The molecule has 1 aromatic heterocycles. The van der Waals surface area contributed by atoms with Crippen molar-refractivity contribution < 1.29 is 14.3 Å². The largest absolute Gasteiger partial charge is 0.440 e. The highest BCUT2D eigenvalue weighted by molar-refractivity contribution is 6.29. The zero-order valence-corrected chi connectivity index (χ0v) is 9.78. The van der Waals surface area contributed by atoms with E-state index in [4.69, 9.17) is 16.0 Å². The lowest BCUT2D eigenvalue weighted by Gasteiger charge is -2.33. The molecule has 1 N–H and O–H groups in total. The summed E-state index contributed by atoms with van der Waals surface area (Å²) >= 11 is 5.62. The van der Waals surface area contributed by atoms with E-state index in [1.54, 1.807) is 17.0 Å². The van der Waals surface area contributed by atoms with Crippen LogP contribution in [-0.2, 0) is 0 Å². The molecule has 1 fully saturated rings. The van der Waals surface area contributed by atoms with Crippen molar-refractivity contribution in [2.24, 2.45) is 5.92 Å². The van der Waals surface area contributed by atoms with Gasteiger partial charge in [-0.1, -0.05) is 6.92 Å². The first kappa shape index (κ1) is 11.5. The van der Waals surface area contributed by atoms with Crippen LogP contribution in [0.2, 0.25) is 5.22 Å². The molecule has 4 nitrogen and oxygen atoms in total. The van der Waals surface area contributed by atoms with E-state index in [1.807, 2.05) is 6.92 Å². The summed E-state index contributed by atoms with van der Waals surface area (Å²) in [5.74, 6) is 0.197. The quantitative estimate of drug-likeness (QED) is 0.818. The van der Waals surface area contributed by atoms with Crippen molar-refractivity contribution in [3.8, 4) is 0 Å². The first-order valence-electron chi connectivity index (χ1n) is 5.30. The summed E-state index contributed by atoms with van der Waals surface area (Å²) in [6.45, 7) is 3.04. The van der Waals surface area contributed by atoms with Gasteiger partial charge in [-0.3, -0.25) is 4.79 Å². The van der Waals surface area contributed by atoms with Gasteiger partial charge in [0, 0.05) is 13.1 Å². The van der Waals surface area contributed by atoms with Crippen molar-refractivity contribution in [1.82, 2.24) is 4.90 Å². The number of rotatable bonds is 1. The van der Waals surface area contributed by atoms with Gasteiger partial charge in [0.1, 0.15) is 0 Å². The van der Waals surface area contributed by atoms with E-state index >= 15 is 0 Å². The van der Waals surface area contributed by atoms with Crippen molar-refractivity contribution in [2.75, 3.05) is 13.1 Å². The number of carbonyl (C=O) groups excluding carboxylic acids is 1. The zero-order chi connectivity index (χ0) is 11.7. The third-order valence-electron chi connectivity index (χ3n) is 2.93. The molecule has 0 radical (unpaired) electrons. The number of nitrogens with zero attached hydrogens (tertiary/aromatic N) is 1. The molecule has 2 atom stereocenters. The van der Waals surface area contributed by atoms with Crippen LogP contribution in [0.5, 0.6) is 0 Å². The van der Waals surface area contributed by atoms with E-state index in [-0.39, 0.29) is 28.9 Å². The number of hydrogen-bond donors (Lipinski definition) is 1. The molecule has 0 spiro atoms. The van der Waals surface area contributed by atoms with Crippen LogP contribution in [0.15, 0.2) is 16.5 Å². The fraction of sp³-hybridized carbons (Fsp3) is 0.545. The van der Waals surface area contributed by atoms with E-state index in [2.05, 4.69) is 0 Å². The Morgan fingerprint density at radius 2 is 2.38 bits per heavy atom. The van der Waals surface area contributed by atoms with Crippen molar-refractivity contribution >= 4 is 17.5 Å². The lowest BCUT2D eigenvalue weighted by Crippen LogP contribution is -2.44. The Balaban J connectivity index is 2.06. The van der Waals surface area contributed by atoms with Gasteiger partial charge in [-0.05, 0) is 36.1 Å². The molecule has 5 heteroatoms. The maximum absolute atomic E-state index is 12.0. The monoisotopic (exact) mass is 243 g/mol. The minimum Gasteiger partial charge on any atom is -0.440 e. The van der Waals surface area contributed by atoms with E-state index in [9.17, 15) is 9.90 Å². The highest BCUT2D eigenvalue weighted by atomic mass is 35.5. The molecule has 0 aromatic carbocycles. The van der Waals surface area contributed by atoms with E-state index in [0.717, 1.165) is 0 Å². The van der Waals surface area contributed by atoms with Crippen molar-refractivity contribution in [2.45, 2.75) is 19.4 Å². The predicted octanol–water partition coefficient (Wildman–Crippen LogP) is 1.78. The Kier molecular flexibility index (Phi) is 3.21. The lowest BCUT2D eigenvalue weighted by atomic mass is 9.96. The normalized spacial score (nSPS) is 25.8. The van der Waals surface area contributed by atoms with E-state index in [0.29, 0.717) is 19.5 Å². The Bertz CT molecular complexity index is 390. The number of carbonyl (C=O) groups is 1. The average Bonchev–Trinajstić information content (AvgIpc) is 2.68. The topological polar surface area (TPSA) is 53.7 Å². The molecule has 1 amide bonds. The molecular weight excluding hydrogens is 230 g/mol. The summed E-state index contributed by atoms with van der Waals surface area (Å²) in [4.78, 5) is 13.6. The average molecular weight is 244 g/mol. The van der Waals surface area contributed by atoms with Crippen LogP contribution in [0.3, 0.4) is 0 Å². The van der Waals surface area contributed by atoms with E-state index in [1.165, 1.54) is 0 Å². The number of piperidine rings is 1. The minimum absolute atomic E-state index is 0.100. The first-order valence-corrected chi connectivity index (χ1v) is 5.68. The highest BCUT2D eigenvalue weighted by Crippen LogP contribution is 2.20. The summed E-state index contributed by atoms with van der Waals surface area (Å²) in [5, 5.41) is 9.79. The van der Waals surface area contributed by atoms with Crippen LogP contribution in [0.1, 0.15) is 23.9 Å². The van der Waals surface area contributed by atoms with Gasteiger partial charge in [-0.25, -0.2) is 0 Å². The third-order valence-corrected chi connectivity index (χ3v) is 3.13. The molecule has 16 heavy (non-hydrogen) atoms.